The zero-order valence-corrected chi connectivity index (χ0v) is 15.4. The van der Waals surface area contributed by atoms with Crippen molar-refractivity contribution in [2.24, 2.45) is 0 Å². The second-order valence-corrected chi connectivity index (χ2v) is 5.29. The summed E-state index contributed by atoms with van der Waals surface area (Å²) < 4.78 is 15.9. The SMILES string of the molecule is CCOc1cc(C(=O)NCc2cccnc2OCC)c([N+](=O)[O-])cc1OC. The molecule has 1 N–H and O–H groups in total. The van der Waals surface area contributed by atoms with E-state index < -0.39 is 10.8 Å². The first-order valence-corrected chi connectivity index (χ1v) is 8.35. The number of amides is 1. The van der Waals surface area contributed by atoms with Crippen LogP contribution in [0.4, 0.5) is 5.69 Å². The number of methoxy groups -OCH3 is 1. The number of nitro groups is 1. The molecule has 0 spiro atoms. The Balaban J connectivity index is 2.29. The number of carbonyl (C=O) groups is 1. The maximum Gasteiger partial charge on any atom is 0.286 e. The molecule has 27 heavy (non-hydrogen) atoms. The number of rotatable bonds is 9. The molecule has 1 aromatic heterocycles. The Hall–Kier alpha value is -3.36. The summed E-state index contributed by atoms with van der Waals surface area (Å²) in [4.78, 5) is 27.4. The maximum absolute atomic E-state index is 12.6. The van der Waals surface area contributed by atoms with Gasteiger partial charge in [-0.15, -0.1) is 0 Å². The number of benzene rings is 1. The largest absolute Gasteiger partial charge is 0.493 e. The van der Waals surface area contributed by atoms with Crippen LogP contribution in [0.25, 0.3) is 0 Å². The first-order valence-electron chi connectivity index (χ1n) is 8.35. The van der Waals surface area contributed by atoms with Crippen LogP contribution < -0.4 is 19.5 Å². The van der Waals surface area contributed by atoms with E-state index >= 15 is 0 Å². The molecule has 0 radical (unpaired) electrons. The molecule has 2 aromatic rings. The molecular formula is C18H21N3O6. The average molecular weight is 375 g/mol. The van der Waals surface area contributed by atoms with Gasteiger partial charge in [-0.05, 0) is 19.9 Å². The van der Waals surface area contributed by atoms with Crippen molar-refractivity contribution >= 4 is 11.6 Å². The molecule has 9 nitrogen and oxygen atoms in total. The van der Waals surface area contributed by atoms with Gasteiger partial charge in [-0.1, -0.05) is 6.07 Å². The topological polar surface area (TPSA) is 113 Å². The third kappa shape index (κ3) is 4.84. The minimum Gasteiger partial charge on any atom is -0.493 e. The van der Waals surface area contributed by atoms with Crippen LogP contribution in [-0.4, -0.2) is 36.1 Å². The molecule has 1 heterocycles. The normalized spacial score (nSPS) is 10.2. The lowest BCUT2D eigenvalue weighted by Crippen LogP contribution is -2.24. The molecule has 0 aliphatic carbocycles. The van der Waals surface area contributed by atoms with Gasteiger partial charge in [0.15, 0.2) is 11.5 Å². The van der Waals surface area contributed by atoms with Crippen molar-refractivity contribution in [1.29, 1.82) is 0 Å². The summed E-state index contributed by atoms with van der Waals surface area (Å²) in [6.07, 6.45) is 1.58. The third-order valence-electron chi connectivity index (χ3n) is 3.59. The Morgan fingerprint density at radius 3 is 2.59 bits per heavy atom. The van der Waals surface area contributed by atoms with E-state index in [1.807, 2.05) is 6.92 Å². The van der Waals surface area contributed by atoms with Crippen LogP contribution in [0.3, 0.4) is 0 Å². The fourth-order valence-corrected chi connectivity index (χ4v) is 2.41. The van der Waals surface area contributed by atoms with Crippen molar-refractivity contribution in [3.8, 4) is 17.4 Å². The van der Waals surface area contributed by atoms with Gasteiger partial charge >= 0.3 is 0 Å². The Morgan fingerprint density at radius 1 is 1.22 bits per heavy atom. The summed E-state index contributed by atoms with van der Waals surface area (Å²) >= 11 is 0. The number of carbonyl (C=O) groups excluding carboxylic acids is 1. The van der Waals surface area contributed by atoms with Crippen LogP contribution in [0, 0.1) is 10.1 Å². The predicted octanol–water partition coefficient (Wildman–Crippen LogP) is 2.73. The van der Waals surface area contributed by atoms with Crippen LogP contribution in [-0.2, 0) is 6.54 Å². The molecule has 0 saturated carbocycles. The van der Waals surface area contributed by atoms with Crippen LogP contribution in [0.15, 0.2) is 30.5 Å². The summed E-state index contributed by atoms with van der Waals surface area (Å²) in [7, 11) is 1.37. The van der Waals surface area contributed by atoms with E-state index in [4.69, 9.17) is 14.2 Å². The summed E-state index contributed by atoms with van der Waals surface area (Å²) in [5.74, 6) is 0.231. The second kappa shape index (κ2) is 9.37. The summed E-state index contributed by atoms with van der Waals surface area (Å²) in [5, 5.41) is 14.0. The van der Waals surface area contributed by atoms with E-state index in [2.05, 4.69) is 10.3 Å². The molecule has 144 valence electrons. The van der Waals surface area contributed by atoms with Crippen molar-refractivity contribution in [1.82, 2.24) is 10.3 Å². The van der Waals surface area contributed by atoms with E-state index in [1.165, 1.54) is 19.2 Å². The van der Waals surface area contributed by atoms with Gasteiger partial charge in [-0.2, -0.15) is 0 Å². The molecule has 1 aromatic carbocycles. The third-order valence-corrected chi connectivity index (χ3v) is 3.59. The van der Waals surface area contributed by atoms with E-state index in [9.17, 15) is 14.9 Å². The number of nitro benzene ring substituents is 1. The number of pyridine rings is 1. The summed E-state index contributed by atoms with van der Waals surface area (Å²) in [6, 6.07) is 5.96. The molecule has 0 bridgehead atoms. The van der Waals surface area contributed by atoms with Crippen molar-refractivity contribution in [3.05, 3.63) is 51.7 Å². The molecule has 0 atom stereocenters. The number of nitrogens with zero attached hydrogens (tertiary/aromatic N) is 2. The minimum absolute atomic E-state index is 0.106. The standard InChI is InChI=1S/C18H21N3O6/c1-4-26-16-9-13(14(21(23)24)10-15(16)25-3)17(22)20-11-12-7-6-8-19-18(12)27-5-2/h6-10H,4-5,11H2,1-3H3,(H,20,22). The van der Waals surface area contributed by atoms with E-state index in [1.54, 1.807) is 25.3 Å². The van der Waals surface area contributed by atoms with Gasteiger partial charge in [0.25, 0.3) is 11.6 Å². The molecule has 9 heteroatoms. The molecule has 0 saturated heterocycles. The Morgan fingerprint density at radius 2 is 1.96 bits per heavy atom. The van der Waals surface area contributed by atoms with Gasteiger partial charge in [0.2, 0.25) is 5.88 Å². The predicted molar refractivity (Wildman–Crippen MR) is 97.4 cm³/mol. The molecule has 0 aliphatic heterocycles. The van der Waals surface area contributed by atoms with Crippen molar-refractivity contribution in [2.75, 3.05) is 20.3 Å². The van der Waals surface area contributed by atoms with E-state index in [0.29, 0.717) is 24.7 Å². The van der Waals surface area contributed by atoms with Gasteiger partial charge < -0.3 is 19.5 Å². The van der Waals surface area contributed by atoms with Crippen molar-refractivity contribution in [3.63, 3.8) is 0 Å². The zero-order chi connectivity index (χ0) is 19.8. The van der Waals surface area contributed by atoms with Crippen molar-refractivity contribution in [2.45, 2.75) is 20.4 Å². The highest BCUT2D eigenvalue weighted by Crippen LogP contribution is 2.34. The number of nitrogens with one attached hydrogen (secondary N) is 1. The lowest BCUT2D eigenvalue weighted by atomic mass is 10.1. The number of hydrogen-bond donors (Lipinski definition) is 1. The molecule has 0 aliphatic rings. The lowest BCUT2D eigenvalue weighted by Gasteiger charge is -2.13. The van der Waals surface area contributed by atoms with Gasteiger partial charge in [0.1, 0.15) is 5.56 Å². The van der Waals surface area contributed by atoms with Gasteiger partial charge in [0, 0.05) is 24.4 Å². The van der Waals surface area contributed by atoms with Crippen LogP contribution in [0.1, 0.15) is 29.8 Å². The highest BCUT2D eigenvalue weighted by molar-refractivity contribution is 5.99. The second-order valence-electron chi connectivity index (χ2n) is 5.29. The lowest BCUT2D eigenvalue weighted by molar-refractivity contribution is -0.385. The van der Waals surface area contributed by atoms with Crippen LogP contribution >= 0.6 is 0 Å². The number of ether oxygens (including phenoxy) is 3. The minimum atomic E-state index is -0.636. The number of aromatic nitrogens is 1. The number of hydrogen-bond acceptors (Lipinski definition) is 7. The molecule has 2 rings (SSSR count). The Bertz CT molecular complexity index is 825. The zero-order valence-electron chi connectivity index (χ0n) is 15.4. The van der Waals surface area contributed by atoms with E-state index in [0.717, 1.165) is 0 Å². The molecule has 0 unspecified atom stereocenters. The van der Waals surface area contributed by atoms with Crippen LogP contribution in [0.2, 0.25) is 0 Å². The first kappa shape index (κ1) is 20.0. The monoisotopic (exact) mass is 375 g/mol. The van der Waals surface area contributed by atoms with Gasteiger partial charge in [-0.25, -0.2) is 4.98 Å². The Kier molecular flexibility index (Phi) is 6.93. The highest BCUT2D eigenvalue weighted by Gasteiger charge is 2.24. The van der Waals surface area contributed by atoms with E-state index in [-0.39, 0.29) is 29.3 Å². The Labute approximate surface area is 156 Å². The summed E-state index contributed by atoms with van der Waals surface area (Å²) in [6.45, 7) is 4.45. The quantitative estimate of drug-likeness (QED) is 0.529. The molecule has 1 amide bonds. The maximum atomic E-state index is 12.6. The summed E-state index contributed by atoms with van der Waals surface area (Å²) in [5.41, 5.74) is 0.170. The smallest absolute Gasteiger partial charge is 0.286 e. The van der Waals surface area contributed by atoms with Crippen LogP contribution in [0.5, 0.6) is 17.4 Å². The highest BCUT2D eigenvalue weighted by atomic mass is 16.6. The average Bonchev–Trinajstić information content (AvgIpc) is 2.67. The van der Waals surface area contributed by atoms with Crippen molar-refractivity contribution < 1.29 is 23.9 Å². The first-order chi connectivity index (χ1) is 13.0. The molecule has 0 fully saturated rings. The van der Waals surface area contributed by atoms with Gasteiger partial charge in [-0.3, -0.25) is 14.9 Å². The van der Waals surface area contributed by atoms with Gasteiger partial charge in [0.05, 0.1) is 31.3 Å². The fourth-order valence-electron chi connectivity index (χ4n) is 2.41. The fraction of sp³-hybridized carbons (Fsp3) is 0.333. The molecular weight excluding hydrogens is 354 g/mol.